The van der Waals surface area contributed by atoms with Crippen molar-refractivity contribution in [1.29, 1.82) is 0 Å². The fourth-order valence-electron chi connectivity index (χ4n) is 2.87. The van der Waals surface area contributed by atoms with Crippen molar-refractivity contribution in [3.8, 4) is 0 Å². The van der Waals surface area contributed by atoms with Gasteiger partial charge in [-0.15, -0.1) is 0 Å². The Kier molecular flexibility index (Phi) is 5.20. The molecule has 1 aromatic carbocycles. The van der Waals surface area contributed by atoms with Gasteiger partial charge in [0.2, 0.25) is 0 Å². The number of furan rings is 1. The molecule has 2 amide bonds. The Labute approximate surface area is 145 Å². The second-order valence-electron chi connectivity index (χ2n) is 5.93. The predicted octanol–water partition coefficient (Wildman–Crippen LogP) is 4.25. The lowest BCUT2D eigenvalue weighted by Crippen LogP contribution is -2.36. The lowest BCUT2D eigenvalue weighted by molar-refractivity contribution is 0.0926. The number of benzene rings is 1. The Morgan fingerprint density at radius 2 is 1.88 bits per heavy atom. The number of halogens is 1. The Bertz CT molecular complexity index is 722. The minimum atomic E-state index is -0.410. The van der Waals surface area contributed by atoms with Crippen LogP contribution in [0.3, 0.4) is 0 Å². The molecule has 1 aliphatic rings. The minimum Gasteiger partial charge on any atom is -0.459 e. The molecule has 2 N–H and O–H groups in total. The topological polar surface area (TPSA) is 71.3 Å². The molecule has 0 spiro atoms. The van der Waals surface area contributed by atoms with E-state index in [1.54, 1.807) is 30.3 Å². The summed E-state index contributed by atoms with van der Waals surface area (Å²) >= 11 is 6.12. The van der Waals surface area contributed by atoms with Gasteiger partial charge in [0, 0.05) is 11.6 Å². The Morgan fingerprint density at radius 3 is 2.58 bits per heavy atom. The molecule has 1 aromatic heterocycles. The van der Waals surface area contributed by atoms with Crippen LogP contribution in [0.4, 0.5) is 5.69 Å². The summed E-state index contributed by atoms with van der Waals surface area (Å²) in [5, 5.41) is 6.08. The van der Waals surface area contributed by atoms with Crippen LogP contribution in [0.1, 0.15) is 53.0 Å². The van der Waals surface area contributed by atoms with E-state index in [4.69, 9.17) is 16.0 Å². The predicted molar refractivity (Wildman–Crippen MR) is 92.5 cm³/mol. The molecule has 2 aromatic rings. The van der Waals surface area contributed by atoms with Gasteiger partial charge in [0.25, 0.3) is 11.8 Å². The maximum Gasteiger partial charge on any atom is 0.291 e. The van der Waals surface area contributed by atoms with Crippen molar-refractivity contribution in [2.75, 3.05) is 5.32 Å². The molecule has 0 aliphatic heterocycles. The number of hydrogen-bond donors (Lipinski definition) is 2. The van der Waals surface area contributed by atoms with Crippen molar-refractivity contribution in [2.24, 2.45) is 0 Å². The zero-order valence-corrected chi connectivity index (χ0v) is 13.9. The van der Waals surface area contributed by atoms with Crippen LogP contribution in [0.15, 0.2) is 41.0 Å². The fraction of sp³-hybridized carbons (Fsp3) is 0.333. The van der Waals surface area contributed by atoms with Gasteiger partial charge in [0.05, 0.1) is 17.0 Å². The molecule has 1 aliphatic carbocycles. The summed E-state index contributed by atoms with van der Waals surface area (Å²) < 4.78 is 5.05. The van der Waals surface area contributed by atoms with E-state index in [2.05, 4.69) is 10.6 Å². The molecule has 24 heavy (non-hydrogen) atoms. The molecule has 0 atom stereocenters. The SMILES string of the molecule is O=C(NC1CCCCC1)c1ccc(Cl)c(NC(=O)c2ccco2)c1. The summed E-state index contributed by atoms with van der Waals surface area (Å²) in [5.74, 6) is -0.373. The highest BCUT2D eigenvalue weighted by Gasteiger charge is 2.18. The van der Waals surface area contributed by atoms with Crippen LogP contribution < -0.4 is 10.6 Å². The molecule has 0 bridgehead atoms. The monoisotopic (exact) mass is 346 g/mol. The van der Waals surface area contributed by atoms with E-state index < -0.39 is 5.91 Å². The molecule has 6 heteroatoms. The van der Waals surface area contributed by atoms with Gasteiger partial charge in [0.1, 0.15) is 0 Å². The molecule has 3 rings (SSSR count). The van der Waals surface area contributed by atoms with E-state index in [0.29, 0.717) is 16.3 Å². The summed E-state index contributed by atoms with van der Waals surface area (Å²) in [4.78, 5) is 24.5. The fourth-order valence-corrected chi connectivity index (χ4v) is 3.03. The van der Waals surface area contributed by atoms with Crippen LogP contribution in [0.25, 0.3) is 0 Å². The lowest BCUT2D eigenvalue weighted by atomic mass is 9.95. The second kappa shape index (κ2) is 7.53. The highest BCUT2D eigenvalue weighted by atomic mass is 35.5. The molecular formula is C18H19ClN2O3. The smallest absolute Gasteiger partial charge is 0.291 e. The van der Waals surface area contributed by atoms with Crippen LogP contribution >= 0.6 is 11.6 Å². The first kappa shape index (κ1) is 16.6. The maximum absolute atomic E-state index is 12.4. The van der Waals surface area contributed by atoms with E-state index >= 15 is 0 Å². The van der Waals surface area contributed by atoms with Crippen molar-refractivity contribution >= 4 is 29.1 Å². The summed E-state index contributed by atoms with van der Waals surface area (Å²) in [7, 11) is 0. The summed E-state index contributed by atoms with van der Waals surface area (Å²) in [6.07, 6.45) is 6.98. The molecular weight excluding hydrogens is 328 g/mol. The number of rotatable bonds is 4. The standard InChI is InChI=1S/C18H19ClN2O3/c19-14-9-8-12(17(22)20-13-5-2-1-3-6-13)11-15(14)21-18(23)16-7-4-10-24-16/h4,7-11,13H,1-3,5-6H2,(H,20,22)(H,21,23). The van der Waals surface area contributed by atoms with Crippen LogP contribution in [0, 0.1) is 0 Å². The highest BCUT2D eigenvalue weighted by Crippen LogP contribution is 2.24. The van der Waals surface area contributed by atoms with Gasteiger partial charge in [-0.2, -0.15) is 0 Å². The molecule has 1 fully saturated rings. The third kappa shape index (κ3) is 3.97. The number of nitrogens with one attached hydrogen (secondary N) is 2. The first-order chi connectivity index (χ1) is 11.6. The van der Waals surface area contributed by atoms with Gasteiger partial charge in [-0.1, -0.05) is 30.9 Å². The zero-order chi connectivity index (χ0) is 16.9. The first-order valence-electron chi connectivity index (χ1n) is 8.09. The molecule has 1 saturated carbocycles. The Morgan fingerprint density at radius 1 is 1.08 bits per heavy atom. The van der Waals surface area contributed by atoms with E-state index in [0.717, 1.165) is 25.7 Å². The second-order valence-corrected chi connectivity index (χ2v) is 6.34. The van der Waals surface area contributed by atoms with E-state index in [1.807, 2.05) is 0 Å². The number of carbonyl (C=O) groups is 2. The summed E-state index contributed by atoms with van der Waals surface area (Å²) in [6.45, 7) is 0. The number of amides is 2. The van der Waals surface area contributed by atoms with Gasteiger partial charge in [-0.25, -0.2) is 0 Å². The molecule has 1 heterocycles. The van der Waals surface area contributed by atoms with E-state index in [9.17, 15) is 9.59 Å². The van der Waals surface area contributed by atoms with Crippen molar-refractivity contribution in [3.63, 3.8) is 0 Å². The summed E-state index contributed by atoms with van der Waals surface area (Å²) in [5.41, 5.74) is 0.856. The zero-order valence-electron chi connectivity index (χ0n) is 13.2. The van der Waals surface area contributed by atoms with Gasteiger partial charge < -0.3 is 15.1 Å². The molecule has 0 radical (unpaired) electrons. The third-order valence-corrected chi connectivity index (χ3v) is 4.49. The Hall–Kier alpha value is -2.27. The average molecular weight is 347 g/mol. The minimum absolute atomic E-state index is 0.146. The van der Waals surface area contributed by atoms with Crippen molar-refractivity contribution in [2.45, 2.75) is 38.1 Å². The van der Waals surface area contributed by atoms with Gasteiger partial charge in [-0.05, 0) is 43.2 Å². The van der Waals surface area contributed by atoms with E-state index in [-0.39, 0.29) is 17.7 Å². The van der Waals surface area contributed by atoms with Crippen LogP contribution in [0.2, 0.25) is 5.02 Å². The lowest BCUT2D eigenvalue weighted by Gasteiger charge is -2.22. The molecule has 0 saturated heterocycles. The summed E-state index contributed by atoms with van der Waals surface area (Å²) in [6, 6.07) is 8.26. The van der Waals surface area contributed by atoms with Crippen LogP contribution in [-0.4, -0.2) is 17.9 Å². The van der Waals surface area contributed by atoms with Crippen LogP contribution in [0.5, 0.6) is 0 Å². The Balaban J connectivity index is 1.70. The van der Waals surface area contributed by atoms with Gasteiger partial charge in [0.15, 0.2) is 5.76 Å². The van der Waals surface area contributed by atoms with Crippen molar-refractivity contribution in [1.82, 2.24) is 5.32 Å². The molecule has 5 nitrogen and oxygen atoms in total. The largest absolute Gasteiger partial charge is 0.459 e. The molecule has 126 valence electrons. The molecule has 0 unspecified atom stereocenters. The number of carbonyl (C=O) groups excluding carboxylic acids is 2. The highest BCUT2D eigenvalue weighted by molar-refractivity contribution is 6.34. The number of hydrogen-bond acceptors (Lipinski definition) is 3. The van der Waals surface area contributed by atoms with Crippen molar-refractivity contribution in [3.05, 3.63) is 52.9 Å². The third-order valence-electron chi connectivity index (χ3n) is 4.16. The maximum atomic E-state index is 12.4. The van der Waals surface area contributed by atoms with Crippen LogP contribution in [-0.2, 0) is 0 Å². The van der Waals surface area contributed by atoms with Gasteiger partial charge >= 0.3 is 0 Å². The normalized spacial score (nSPS) is 15.0. The average Bonchev–Trinajstić information content (AvgIpc) is 3.12. The van der Waals surface area contributed by atoms with Gasteiger partial charge in [-0.3, -0.25) is 9.59 Å². The first-order valence-corrected chi connectivity index (χ1v) is 8.46. The van der Waals surface area contributed by atoms with Crippen molar-refractivity contribution < 1.29 is 14.0 Å². The van der Waals surface area contributed by atoms with E-state index in [1.165, 1.54) is 12.7 Å². The number of anilines is 1. The quantitative estimate of drug-likeness (QED) is 0.869.